The van der Waals surface area contributed by atoms with E-state index in [0.29, 0.717) is 16.5 Å². The van der Waals surface area contributed by atoms with Crippen LogP contribution in [0.3, 0.4) is 0 Å². The molecule has 0 radical (unpaired) electrons. The highest BCUT2D eigenvalue weighted by molar-refractivity contribution is 6.05. The zero-order chi connectivity index (χ0) is 23.4. The van der Waals surface area contributed by atoms with Crippen LogP contribution in [0, 0.1) is 6.92 Å². The minimum absolute atomic E-state index is 0.0838. The molecule has 0 saturated carbocycles. The molecule has 0 fully saturated rings. The number of H-pyrrole nitrogens is 1. The highest BCUT2D eigenvalue weighted by Gasteiger charge is 2.16. The summed E-state index contributed by atoms with van der Waals surface area (Å²) in [5.41, 5.74) is 1.87. The number of pyridine rings is 1. The number of Topliss-reactive ketones (excluding diaryl/α,β-unsaturated/α-hetero) is 1. The normalized spacial score (nSPS) is 10.6. The van der Waals surface area contributed by atoms with E-state index < -0.39 is 29.9 Å². The molecule has 164 valence electrons. The minimum atomic E-state index is -0.769. The molecule has 4 rings (SSSR count). The molecule has 1 heterocycles. The van der Waals surface area contributed by atoms with Crippen LogP contribution in [-0.2, 0) is 4.74 Å². The highest BCUT2D eigenvalue weighted by atomic mass is 16.5. The maximum absolute atomic E-state index is 12.5. The molecule has 4 aromatic rings. The first-order valence-electron chi connectivity index (χ1n) is 10.1. The van der Waals surface area contributed by atoms with Gasteiger partial charge in [0.15, 0.2) is 12.4 Å². The van der Waals surface area contributed by atoms with Crippen molar-refractivity contribution in [3.8, 4) is 5.75 Å². The van der Waals surface area contributed by atoms with Crippen LogP contribution in [0.1, 0.15) is 36.6 Å². The number of benzene rings is 3. The third-order valence-corrected chi connectivity index (χ3v) is 4.98. The third-order valence-electron chi connectivity index (χ3n) is 4.98. The summed E-state index contributed by atoms with van der Waals surface area (Å²) in [6.45, 7) is 1.42. The van der Waals surface area contributed by atoms with Gasteiger partial charge in [-0.25, -0.2) is 9.59 Å². The first-order valence-corrected chi connectivity index (χ1v) is 10.1. The number of aromatic amines is 1. The molecule has 0 unspecified atom stereocenters. The standard InChI is InChI=1S/C26H19NO6/c1-16-6-8-18(9-7-16)25(30)33-19-12-10-17(11-13-19)23(28)15-32-26(31)21-14-24(29)27-22-5-3-2-4-20(21)22/h2-14H,15H2,1H3,(H,27,29). The number of carbonyl (C=O) groups is 3. The van der Waals surface area contributed by atoms with Crippen LogP contribution < -0.4 is 10.3 Å². The number of aromatic nitrogens is 1. The van der Waals surface area contributed by atoms with Gasteiger partial charge in [0.05, 0.1) is 11.1 Å². The molecule has 7 nitrogen and oxygen atoms in total. The Bertz CT molecular complexity index is 1400. The second-order valence-corrected chi connectivity index (χ2v) is 7.37. The Morgan fingerprint density at radius 2 is 1.48 bits per heavy atom. The summed E-state index contributed by atoms with van der Waals surface area (Å²) in [7, 11) is 0. The molecular weight excluding hydrogens is 422 g/mol. The predicted octanol–water partition coefficient (Wildman–Crippen LogP) is 4.10. The maximum Gasteiger partial charge on any atom is 0.343 e. The smallest absolute Gasteiger partial charge is 0.343 e. The van der Waals surface area contributed by atoms with Crippen molar-refractivity contribution >= 4 is 28.6 Å². The van der Waals surface area contributed by atoms with Crippen molar-refractivity contribution in [3.63, 3.8) is 0 Å². The lowest BCUT2D eigenvalue weighted by Gasteiger charge is -2.08. The van der Waals surface area contributed by atoms with Crippen molar-refractivity contribution in [2.75, 3.05) is 6.61 Å². The molecule has 1 aromatic heterocycles. The SMILES string of the molecule is Cc1ccc(C(=O)Oc2ccc(C(=O)COC(=O)c3cc(=O)[nH]c4ccccc34)cc2)cc1. The van der Waals surface area contributed by atoms with Gasteiger partial charge in [0.1, 0.15) is 5.75 Å². The Kier molecular flexibility index (Phi) is 6.13. The Balaban J connectivity index is 1.39. The van der Waals surface area contributed by atoms with Gasteiger partial charge in [-0.2, -0.15) is 0 Å². The second kappa shape index (κ2) is 9.32. The zero-order valence-corrected chi connectivity index (χ0v) is 17.7. The summed E-state index contributed by atoms with van der Waals surface area (Å²) in [6, 6.07) is 20.9. The van der Waals surface area contributed by atoms with Gasteiger partial charge < -0.3 is 14.5 Å². The summed E-state index contributed by atoms with van der Waals surface area (Å²) < 4.78 is 10.5. The number of para-hydroxylation sites is 1. The Morgan fingerprint density at radius 1 is 0.818 bits per heavy atom. The van der Waals surface area contributed by atoms with E-state index in [1.165, 1.54) is 24.3 Å². The van der Waals surface area contributed by atoms with Gasteiger partial charge in [-0.05, 0) is 49.4 Å². The van der Waals surface area contributed by atoms with Gasteiger partial charge >= 0.3 is 11.9 Å². The molecule has 0 aliphatic carbocycles. The Hall–Kier alpha value is -4.52. The molecule has 0 spiro atoms. The minimum Gasteiger partial charge on any atom is -0.454 e. The van der Waals surface area contributed by atoms with Crippen LogP contribution in [0.15, 0.2) is 83.7 Å². The number of ether oxygens (including phenoxy) is 2. The van der Waals surface area contributed by atoms with Crippen molar-refractivity contribution in [3.05, 3.63) is 111 Å². The van der Waals surface area contributed by atoms with Crippen molar-refractivity contribution in [2.45, 2.75) is 6.92 Å². The van der Waals surface area contributed by atoms with Gasteiger partial charge in [-0.3, -0.25) is 9.59 Å². The fourth-order valence-corrected chi connectivity index (χ4v) is 3.23. The predicted molar refractivity (Wildman–Crippen MR) is 122 cm³/mol. The molecule has 0 saturated heterocycles. The summed E-state index contributed by atoms with van der Waals surface area (Å²) in [5.74, 6) is -1.43. The van der Waals surface area contributed by atoms with Gasteiger partial charge in [-0.15, -0.1) is 0 Å². The average Bonchev–Trinajstić information content (AvgIpc) is 2.82. The van der Waals surface area contributed by atoms with Gasteiger partial charge in [0, 0.05) is 22.5 Å². The van der Waals surface area contributed by atoms with Crippen molar-refractivity contribution < 1.29 is 23.9 Å². The van der Waals surface area contributed by atoms with Crippen LogP contribution in [0.4, 0.5) is 0 Å². The van der Waals surface area contributed by atoms with Crippen LogP contribution in [0.5, 0.6) is 5.75 Å². The van der Waals surface area contributed by atoms with E-state index >= 15 is 0 Å². The maximum atomic E-state index is 12.5. The number of hydrogen-bond donors (Lipinski definition) is 1. The molecule has 0 atom stereocenters. The highest BCUT2D eigenvalue weighted by Crippen LogP contribution is 2.17. The van der Waals surface area contributed by atoms with Crippen molar-refractivity contribution in [2.24, 2.45) is 0 Å². The number of ketones is 1. The molecule has 33 heavy (non-hydrogen) atoms. The lowest BCUT2D eigenvalue weighted by Crippen LogP contribution is -2.17. The number of hydrogen-bond acceptors (Lipinski definition) is 6. The summed E-state index contributed by atoms with van der Waals surface area (Å²) in [6.07, 6.45) is 0. The van der Waals surface area contributed by atoms with Gasteiger partial charge in [0.25, 0.3) is 0 Å². The first kappa shape index (κ1) is 21.7. The Labute approximate surface area is 188 Å². The monoisotopic (exact) mass is 441 g/mol. The van der Waals surface area contributed by atoms with E-state index in [9.17, 15) is 19.2 Å². The van der Waals surface area contributed by atoms with Gasteiger partial charge in [0.2, 0.25) is 5.56 Å². The molecule has 0 aliphatic rings. The van der Waals surface area contributed by atoms with Crippen LogP contribution in [0.2, 0.25) is 0 Å². The lowest BCUT2D eigenvalue weighted by molar-refractivity contribution is 0.0476. The van der Waals surface area contributed by atoms with Crippen molar-refractivity contribution in [1.29, 1.82) is 0 Å². The molecule has 3 aromatic carbocycles. The topological polar surface area (TPSA) is 103 Å². The fraction of sp³-hybridized carbons (Fsp3) is 0.0769. The quantitative estimate of drug-likeness (QED) is 0.275. The molecule has 0 bridgehead atoms. The lowest BCUT2D eigenvalue weighted by atomic mass is 10.1. The number of aryl methyl sites for hydroxylation is 1. The number of esters is 2. The van der Waals surface area contributed by atoms with E-state index in [0.717, 1.165) is 11.6 Å². The third kappa shape index (κ3) is 5.04. The van der Waals surface area contributed by atoms with E-state index in [2.05, 4.69) is 4.98 Å². The summed E-state index contributed by atoms with van der Waals surface area (Å²) in [4.78, 5) is 51.6. The largest absolute Gasteiger partial charge is 0.454 e. The van der Waals surface area contributed by atoms with E-state index in [-0.39, 0.29) is 16.9 Å². The van der Waals surface area contributed by atoms with E-state index in [4.69, 9.17) is 9.47 Å². The molecular formula is C26H19NO6. The number of carbonyl (C=O) groups excluding carboxylic acids is 3. The molecule has 0 amide bonds. The number of rotatable bonds is 6. The summed E-state index contributed by atoms with van der Waals surface area (Å²) in [5, 5.41) is 0.522. The second-order valence-electron chi connectivity index (χ2n) is 7.37. The first-order chi connectivity index (χ1) is 15.9. The number of fused-ring (bicyclic) bond motifs is 1. The number of nitrogens with one attached hydrogen (secondary N) is 1. The fourth-order valence-electron chi connectivity index (χ4n) is 3.23. The summed E-state index contributed by atoms with van der Waals surface area (Å²) >= 11 is 0. The van der Waals surface area contributed by atoms with Crippen LogP contribution >= 0.6 is 0 Å². The van der Waals surface area contributed by atoms with Gasteiger partial charge in [-0.1, -0.05) is 35.9 Å². The molecule has 1 N–H and O–H groups in total. The van der Waals surface area contributed by atoms with Crippen LogP contribution in [-0.4, -0.2) is 29.3 Å². The molecule has 7 heteroatoms. The van der Waals surface area contributed by atoms with Crippen molar-refractivity contribution in [1.82, 2.24) is 4.98 Å². The zero-order valence-electron chi connectivity index (χ0n) is 17.7. The molecule has 0 aliphatic heterocycles. The van der Waals surface area contributed by atoms with E-state index in [1.54, 1.807) is 36.4 Å². The van der Waals surface area contributed by atoms with Crippen LogP contribution in [0.25, 0.3) is 10.9 Å². The Morgan fingerprint density at radius 3 is 2.21 bits per heavy atom. The van der Waals surface area contributed by atoms with E-state index in [1.807, 2.05) is 19.1 Å². The average molecular weight is 441 g/mol.